The van der Waals surface area contributed by atoms with Gasteiger partial charge in [-0.1, -0.05) is 47.1 Å². The molecule has 0 spiro atoms. The highest BCUT2D eigenvalue weighted by Crippen LogP contribution is 2.41. The summed E-state index contributed by atoms with van der Waals surface area (Å²) in [6.07, 6.45) is 0.674. The van der Waals surface area contributed by atoms with E-state index in [1.807, 2.05) is 38.1 Å². The van der Waals surface area contributed by atoms with E-state index in [1.165, 1.54) is 12.1 Å². The molecule has 0 bridgehead atoms. The van der Waals surface area contributed by atoms with Crippen molar-refractivity contribution in [1.82, 2.24) is 4.90 Å². The van der Waals surface area contributed by atoms with Gasteiger partial charge in [-0.25, -0.2) is 9.18 Å². The van der Waals surface area contributed by atoms with E-state index in [9.17, 15) is 14.3 Å². The normalized spacial score (nSPS) is 21.9. The van der Waals surface area contributed by atoms with Crippen LogP contribution in [-0.2, 0) is 10.3 Å². The van der Waals surface area contributed by atoms with Crippen LogP contribution in [0.3, 0.4) is 0 Å². The number of carbonyl (C=O) groups excluding carboxylic acids is 1. The van der Waals surface area contributed by atoms with Gasteiger partial charge in [0.1, 0.15) is 11.4 Å². The largest absolute Gasteiger partial charge is 0.438 e. The van der Waals surface area contributed by atoms with Gasteiger partial charge in [0.05, 0.1) is 6.04 Å². The van der Waals surface area contributed by atoms with Gasteiger partial charge in [0.15, 0.2) is 0 Å². The number of hydrogen-bond donors (Lipinski definition) is 1. The number of rotatable bonds is 6. The summed E-state index contributed by atoms with van der Waals surface area (Å²) in [5.41, 5.74) is 0.930. The van der Waals surface area contributed by atoms with Crippen molar-refractivity contribution in [2.24, 2.45) is 5.92 Å². The molecule has 0 radical (unpaired) electrons. The quantitative estimate of drug-likeness (QED) is 0.641. The fourth-order valence-electron chi connectivity index (χ4n) is 3.79. The van der Waals surface area contributed by atoms with Crippen molar-refractivity contribution < 1.29 is 19.0 Å². The number of nitrogens with zero attached hydrogens (tertiary/aromatic N) is 1. The molecule has 2 aromatic carbocycles. The Morgan fingerprint density at radius 3 is 2.39 bits per heavy atom. The average Bonchev–Trinajstić information content (AvgIpc) is 2.68. The summed E-state index contributed by atoms with van der Waals surface area (Å²) >= 11 is 3.43. The summed E-state index contributed by atoms with van der Waals surface area (Å²) < 4.78 is 20.4. The number of cyclic esters (lactones) is 1. The van der Waals surface area contributed by atoms with Crippen molar-refractivity contribution in [2.45, 2.75) is 38.3 Å². The molecule has 6 heteroatoms. The van der Waals surface area contributed by atoms with Gasteiger partial charge >= 0.3 is 6.09 Å². The molecule has 1 amide bonds. The van der Waals surface area contributed by atoms with Crippen LogP contribution in [0.5, 0.6) is 0 Å². The Morgan fingerprint density at radius 1 is 1.18 bits per heavy atom. The van der Waals surface area contributed by atoms with E-state index in [4.69, 9.17) is 4.74 Å². The third-order valence-corrected chi connectivity index (χ3v) is 5.98. The Bertz CT molecular complexity index is 812. The Labute approximate surface area is 173 Å². The molecular weight excluding hydrogens is 425 g/mol. The molecule has 3 atom stereocenters. The Balaban J connectivity index is 1.84. The van der Waals surface area contributed by atoms with Gasteiger partial charge in [-0.2, -0.15) is 0 Å². The lowest BCUT2D eigenvalue weighted by atomic mass is 9.81. The molecule has 3 rings (SSSR count). The van der Waals surface area contributed by atoms with Gasteiger partial charge in [-0.3, -0.25) is 0 Å². The van der Waals surface area contributed by atoms with Crippen LogP contribution in [0.15, 0.2) is 53.0 Å². The molecule has 1 N–H and O–H groups in total. The zero-order chi connectivity index (χ0) is 20.3. The predicted molar refractivity (Wildman–Crippen MR) is 109 cm³/mol. The van der Waals surface area contributed by atoms with Crippen molar-refractivity contribution in [3.8, 4) is 0 Å². The summed E-state index contributed by atoms with van der Waals surface area (Å²) in [4.78, 5) is 14.7. The number of ether oxygens (including phenoxy) is 1. The lowest BCUT2D eigenvalue weighted by molar-refractivity contribution is -0.0755. The van der Waals surface area contributed by atoms with E-state index < -0.39 is 11.7 Å². The molecule has 1 fully saturated rings. The van der Waals surface area contributed by atoms with Crippen LogP contribution < -0.4 is 0 Å². The number of benzene rings is 2. The molecular formula is C22H25BrFNO3. The van der Waals surface area contributed by atoms with Crippen LogP contribution in [0, 0.1) is 11.7 Å². The summed E-state index contributed by atoms with van der Waals surface area (Å²) in [7, 11) is 0. The van der Waals surface area contributed by atoms with Gasteiger partial charge in [0, 0.05) is 24.0 Å². The van der Waals surface area contributed by atoms with Gasteiger partial charge in [-0.15, -0.1) is 0 Å². The molecule has 1 aliphatic heterocycles. The van der Waals surface area contributed by atoms with E-state index in [-0.39, 0.29) is 24.4 Å². The van der Waals surface area contributed by atoms with E-state index in [2.05, 4.69) is 15.9 Å². The molecule has 0 saturated carbocycles. The second-order valence-electron chi connectivity index (χ2n) is 7.53. The second kappa shape index (κ2) is 8.62. The SMILES string of the molecule is CC(CO)C[C@]1(c2ccc(F)cc2)CCN([C@@H](C)c2ccc(Br)cc2)C(=O)O1. The molecule has 1 aliphatic rings. The van der Waals surface area contributed by atoms with Gasteiger partial charge in [0.25, 0.3) is 0 Å². The van der Waals surface area contributed by atoms with Crippen LogP contribution in [0.4, 0.5) is 9.18 Å². The highest BCUT2D eigenvalue weighted by molar-refractivity contribution is 9.10. The molecule has 0 aromatic heterocycles. The van der Waals surface area contributed by atoms with Gasteiger partial charge < -0.3 is 14.7 Å². The number of hydrogen-bond acceptors (Lipinski definition) is 3. The first-order valence-corrected chi connectivity index (χ1v) is 10.3. The number of halogens is 2. The van der Waals surface area contributed by atoms with E-state index in [0.29, 0.717) is 19.4 Å². The molecule has 1 saturated heterocycles. The maximum atomic E-state index is 13.4. The van der Waals surface area contributed by atoms with Crippen molar-refractivity contribution in [2.75, 3.05) is 13.2 Å². The first kappa shape index (κ1) is 20.8. The highest BCUT2D eigenvalue weighted by atomic mass is 79.9. The average molecular weight is 450 g/mol. The smallest absolute Gasteiger partial charge is 0.411 e. The number of amides is 1. The molecule has 1 heterocycles. The van der Waals surface area contributed by atoms with E-state index >= 15 is 0 Å². The van der Waals surface area contributed by atoms with Crippen LogP contribution in [0.25, 0.3) is 0 Å². The van der Waals surface area contributed by atoms with Crippen molar-refractivity contribution >= 4 is 22.0 Å². The zero-order valence-electron chi connectivity index (χ0n) is 16.1. The minimum Gasteiger partial charge on any atom is -0.438 e. The highest BCUT2D eigenvalue weighted by Gasteiger charge is 2.44. The predicted octanol–water partition coefficient (Wildman–Crippen LogP) is 5.41. The number of aliphatic hydroxyl groups is 1. The Hall–Kier alpha value is -1.92. The Morgan fingerprint density at radius 2 is 1.82 bits per heavy atom. The van der Waals surface area contributed by atoms with Crippen LogP contribution >= 0.6 is 15.9 Å². The third-order valence-electron chi connectivity index (χ3n) is 5.45. The molecule has 28 heavy (non-hydrogen) atoms. The first-order chi connectivity index (χ1) is 13.3. The monoisotopic (exact) mass is 449 g/mol. The van der Waals surface area contributed by atoms with Crippen molar-refractivity contribution in [1.29, 1.82) is 0 Å². The lowest BCUT2D eigenvalue weighted by Gasteiger charge is -2.44. The summed E-state index contributed by atoms with van der Waals surface area (Å²) in [5.74, 6) is -0.380. The maximum Gasteiger partial charge on any atom is 0.411 e. The molecule has 4 nitrogen and oxygen atoms in total. The van der Waals surface area contributed by atoms with Crippen LogP contribution in [0.1, 0.15) is 43.9 Å². The minimum atomic E-state index is -0.858. The van der Waals surface area contributed by atoms with Crippen molar-refractivity contribution in [3.63, 3.8) is 0 Å². The van der Waals surface area contributed by atoms with E-state index in [0.717, 1.165) is 15.6 Å². The molecule has 0 aliphatic carbocycles. The minimum absolute atomic E-state index is 0.000491. The molecule has 2 aromatic rings. The summed E-state index contributed by atoms with van der Waals surface area (Å²) in [5, 5.41) is 9.53. The van der Waals surface area contributed by atoms with Crippen LogP contribution in [0.2, 0.25) is 0 Å². The first-order valence-electron chi connectivity index (χ1n) is 9.46. The Kier molecular flexibility index (Phi) is 6.40. The topological polar surface area (TPSA) is 49.8 Å². The molecule has 1 unspecified atom stereocenters. The maximum absolute atomic E-state index is 13.4. The molecule has 150 valence electrons. The van der Waals surface area contributed by atoms with E-state index in [1.54, 1.807) is 17.0 Å². The summed E-state index contributed by atoms with van der Waals surface area (Å²) in [6.45, 7) is 4.41. The van der Waals surface area contributed by atoms with Crippen LogP contribution in [-0.4, -0.2) is 29.3 Å². The third kappa shape index (κ3) is 4.39. The lowest BCUT2D eigenvalue weighted by Crippen LogP contribution is -2.49. The standard InChI is InChI=1S/C22H25BrFNO3/c1-15(14-26)13-22(18-5-9-20(24)10-6-18)11-12-25(21(27)28-22)16(2)17-3-7-19(23)8-4-17/h3-10,15-16,26H,11-14H2,1-2H3/t15?,16-,22-/m0/s1. The number of aliphatic hydroxyl groups excluding tert-OH is 1. The fraction of sp³-hybridized carbons (Fsp3) is 0.409. The van der Waals surface area contributed by atoms with Gasteiger partial charge in [-0.05, 0) is 54.7 Å². The number of carbonyl (C=O) groups is 1. The van der Waals surface area contributed by atoms with Crippen molar-refractivity contribution in [3.05, 3.63) is 69.9 Å². The second-order valence-corrected chi connectivity index (χ2v) is 8.45. The fourth-order valence-corrected chi connectivity index (χ4v) is 4.05. The van der Waals surface area contributed by atoms with Gasteiger partial charge in [0.2, 0.25) is 0 Å². The zero-order valence-corrected chi connectivity index (χ0v) is 17.7. The summed E-state index contributed by atoms with van der Waals surface area (Å²) in [6, 6.07) is 13.8.